The molecule has 1 saturated carbocycles. The number of nitrogens with one attached hydrogen (secondary N) is 1. The van der Waals surface area contributed by atoms with Crippen molar-refractivity contribution in [2.45, 2.75) is 50.6 Å². The first-order valence-corrected chi connectivity index (χ1v) is 8.08. The van der Waals surface area contributed by atoms with E-state index < -0.39 is 11.5 Å². The number of urea groups is 1. The zero-order valence-corrected chi connectivity index (χ0v) is 13.0. The van der Waals surface area contributed by atoms with Crippen LogP contribution in [0.2, 0.25) is 0 Å². The minimum absolute atomic E-state index is 0.00756. The Kier molecular flexibility index (Phi) is 5.17. The van der Waals surface area contributed by atoms with Gasteiger partial charge in [-0.25, -0.2) is 9.78 Å². The normalized spacial score (nSPS) is 17.2. The van der Waals surface area contributed by atoms with E-state index in [0.717, 1.165) is 37.8 Å². The molecular weight excluding hydrogens is 290 g/mol. The lowest BCUT2D eigenvalue weighted by atomic mass is 9.78. The smallest absolute Gasteiger partial charge is 0.317 e. The molecule has 1 fully saturated rings. The predicted molar refractivity (Wildman–Crippen MR) is 80.2 cm³/mol. The Balaban J connectivity index is 2.00. The summed E-state index contributed by atoms with van der Waals surface area (Å²) in [5.41, 5.74) is 1.98. The fourth-order valence-corrected chi connectivity index (χ4v) is 3.51. The van der Waals surface area contributed by atoms with Gasteiger partial charge in [-0.05, 0) is 12.8 Å². The fourth-order valence-electron chi connectivity index (χ4n) is 2.95. The van der Waals surface area contributed by atoms with Crippen molar-refractivity contribution in [1.29, 1.82) is 0 Å². The second-order valence-electron chi connectivity index (χ2n) is 5.55. The van der Waals surface area contributed by atoms with Gasteiger partial charge in [0, 0.05) is 12.4 Å². The van der Waals surface area contributed by atoms with Crippen molar-refractivity contribution in [3.05, 3.63) is 16.6 Å². The number of aromatic nitrogens is 1. The Morgan fingerprint density at radius 3 is 2.71 bits per heavy atom. The van der Waals surface area contributed by atoms with Crippen LogP contribution in [-0.2, 0) is 11.3 Å². The van der Waals surface area contributed by atoms with E-state index in [9.17, 15) is 14.7 Å². The Morgan fingerprint density at radius 2 is 2.14 bits per heavy atom. The molecule has 2 N–H and O–H groups in total. The number of amides is 2. The van der Waals surface area contributed by atoms with Crippen LogP contribution in [0.4, 0.5) is 4.79 Å². The van der Waals surface area contributed by atoms with Crippen LogP contribution in [0.5, 0.6) is 0 Å². The van der Waals surface area contributed by atoms with Gasteiger partial charge < -0.3 is 15.3 Å². The van der Waals surface area contributed by atoms with E-state index >= 15 is 0 Å². The van der Waals surface area contributed by atoms with Gasteiger partial charge in [-0.15, -0.1) is 11.3 Å². The summed E-state index contributed by atoms with van der Waals surface area (Å²) in [4.78, 5) is 29.2. The minimum Gasteiger partial charge on any atom is -0.481 e. The first-order chi connectivity index (χ1) is 10.0. The summed E-state index contributed by atoms with van der Waals surface area (Å²) in [6.45, 7) is 0.371. The van der Waals surface area contributed by atoms with Gasteiger partial charge in [0.15, 0.2) is 0 Å². The van der Waals surface area contributed by atoms with Gasteiger partial charge >= 0.3 is 12.0 Å². The molecule has 1 aromatic rings. The first kappa shape index (κ1) is 15.8. The molecule has 2 rings (SSSR count). The summed E-state index contributed by atoms with van der Waals surface area (Å²) >= 11 is 1.48. The van der Waals surface area contributed by atoms with Crippen molar-refractivity contribution in [1.82, 2.24) is 15.2 Å². The second kappa shape index (κ2) is 6.89. The molecule has 0 radical (unpaired) electrons. The average Bonchev–Trinajstić information content (AvgIpc) is 2.97. The Hall–Kier alpha value is -1.63. The first-order valence-electron chi connectivity index (χ1n) is 7.14. The molecule has 1 heterocycles. The third-order valence-corrected chi connectivity index (χ3v) is 4.82. The molecule has 0 spiro atoms. The molecule has 1 aromatic heterocycles. The molecule has 2 amide bonds. The summed E-state index contributed by atoms with van der Waals surface area (Å²) in [5, 5.41) is 13.9. The molecule has 7 heteroatoms. The molecule has 0 atom stereocenters. The number of carboxylic acids is 1. The topological polar surface area (TPSA) is 82.5 Å². The highest BCUT2D eigenvalue weighted by atomic mass is 32.1. The number of carbonyl (C=O) groups is 2. The maximum absolute atomic E-state index is 12.3. The lowest BCUT2D eigenvalue weighted by Gasteiger charge is -2.43. The van der Waals surface area contributed by atoms with Gasteiger partial charge in [0.1, 0.15) is 0 Å². The van der Waals surface area contributed by atoms with E-state index in [1.54, 1.807) is 17.5 Å². The number of rotatable bonds is 5. The summed E-state index contributed by atoms with van der Waals surface area (Å²) in [6, 6.07) is -0.230. The zero-order valence-electron chi connectivity index (χ0n) is 12.2. The van der Waals surface area contributed by atoms with E-state index in [0.29, 0.717) is 6.54 Å². The molecule has 0 unspecified atom stereocenters. The Labute approximate surface area is 128 Å². The quantitative estimate of drug-likeness (QED) is 0.875. The van der Waals surface area contributed by atoms with Gasteiger partial charge in [-0.1, -0.05) is 19.3 Å². The molecule has 6 nitrogen and oxygen atoms in total. The Bertz CT molecular complexity index is 484. The van der Waals surface area contributed by atoms with Gasteiger partial charge in [0.25, 0.3) is 0 Å². The highest BCUT2D eigenvalue weighted by molar-refractivity contribution is 7.07. The van der Waals surface area contributed by atoms with Crippen molar-refractivity contribution >= 4 is 23.3 Å². The van der Waals surface area contributed by atoms with Crippen LogP contribution in [0.15, 0.2) is 10.9 Å². The molecular formula is C14H21N3O3S. The number of carbonyl (C=O) groups excluding carboxylic acids is 1. The van der Waals surface area contributed by atoms with Crippen molar-refractivity contribution in [2.75, 3.05) is 7.05 Å². The minimum atomic E-state index is -0.851. The van der Waals surface area contributed by atoms with Crippen molar-refractivity contribution < 1.29 is 14.7 Å². The fraction of sp³-hybridized carbons (Fsp3) is 0.643. The van der Waals surface area contributed by atoms with Crippen LogP contribution in [0.3, 0.4) is 0 Å². The second-order valence-corrected chi connectivity index (χ2v) is 6.27. The van der Waals surface area contributed by atoms with Crippen LogP contribution in [-0.4, -0.2) is 39.6 Å². The summed E-state index contributed by atoms with van der Waals surface area (Å²) < 4.78 is 0. The Morgan fingerprint density at radius 1 is 1.43 bits per heavy atom. The SMILES string of the molecule is CN(C(=O)NCc1cscn1)C1(CC(=O)O)CCCCC1. The lowest BCUT2D eigenvalue weighted by Crippen LogP contribution is -2.54. The average molecular weight is 311 g/mol. The van der Waals surface area contributed by atoms with Gasteiger partial charge in [-0.3, -0.25) is 4.79 Å². The molecule has 0 aliphatic heterocycles. The zero-order chi connectivity index (χ0) is 15.3. The van der Waals surface area contributed by atoms with Crippen LogP contribution < -0.4 is 5.32 Å². The van der Waals surface area contributed by atoms with Crippen LogP contribution in [0.1, 0.15) is 44.2 Å². The van der Waals surface area contributed by atoms with Gasteiger partial charge in [-0.2, -0.15) is 0 Å². The van der Waals surface area contributed by atoms with Crippen molar-refractivity contribution in [3.8, 4) is 0 Å². The maximum Gasteiger partial charge on any atom is 0.317 e. The highest BCUT2D eigenvalue weighted by Gasteiger charge is 2.40. The number of carboxylic acid groups (broad SMARTS) is 1. The van der Waals surface area contributed by atoms with Gasteiger partial charge in [0.05, 0.1) is 29.7 Å². The summed E-state index contributed by atoms with van der Waals surface area (Å²) in [7, 11) is 1.70. The molecule has 1 aliphatic rings. The molecule has 0 aromatic carbocycles. The van der Waals surface area contributed by atoms with E-state index in [2.05, 4.69) is 10.3 Å². The molecule has 0 bridgehead atoms. The largest absolute Gasteiger partial charge is 0.481 e. The van der Waals surface area contributed by atoms with E-state index in [1.807, 2.05) is 5.38 Å². The van der Waals surface area contributed by atoms with E-state index in [1.165, 1.54) is 11.3 Å². The standard InChI is InChI=1S/C14H21N3O3S/c1-17(13(20)15-8-11-9-21-10-16-11)14(7-12(18)19)5-3-2-4-6-14/h9-10H,2-8H2,1H3,(H,15,20)(H,18,19). The van der Waals surface area contributed by atoms with Crippen molar-refractivity contribution in [2.24, 2.45) is 0 Å². The van der Waals surface area contributed by atoms with Crippen LogP contribution in [0.25, 0.3) is 0 Å². The molecule has 21 heavy (non-hydrogen) atoms. The third kappa shape index (κ3) is 3.93. The van der Waals surface area contributed by atoms with E-state index in [4.69, 9.17) is 0 Å². The van der Waals surface area contributed by atoms with Crippen molar-refractivity contribution in [3.63, 3.8) is 0 Å². The summed E-state index contributed by atoms with van der Waals surface area (Å²) in [6.07, 6.45) is 4.55. The molecule has 0 saturated heterocycles. The molecule has 116 valence electrons. The van der Waals surface area contributed by atoms with Crippen LogP contribution in [0, 0.1) is 0 Å². The highest BCUT2D eigenvalue weighted by Crippen LogP contribution is 2.35. The van der Waals surface area contributed by atoms with Gasteiger partial charge in [0.2, 0.25) is 0 Å². The monoisotopic (exact) mass is 311 g/mol. The number of hydrogen-bond donors (Lipinski definition) is 2. The third-order valence-electron chi connectivity index (χ3n) is 4.18. The number of nitrogens with zero attached hydrogens (tertiary/aromatic N) is 2. The summed E-state index contributed by atoms with van der Waals surface area (Å²) in [5.74, 6) is -0.851. The predicted octanol–water partition coefficient (Wildman–Crippen LogP) is 2.46. The molecule has 1 aliphatic carbocycles. The lowest BCUT2D eigenvalue weighted by molar-refractivity contribution is -0.140. The van der Waals surface area contributed by atoms with E-state index in [-0.39, 0.29) is 12.5 Å². The number of aliphatic carboxylic acids is 1. The van der Waals surface area contributed by atoms with Crippen LogP contribution >= 0.6 is 11.3 Å². The number of thiazole rings is 1. The maximum atomic E-state index is 12.3. The number of hydrogen-bond acceptors (Lipinski definition) is 4.